The predicted octanol–water partition coefficient (Wildman–Crippen LogP) is 5.26. The molecule has 1 fully saturated rings. The van der Waals surface area contributed by atoms with E-state index in [0.717, 1.165) is 26.2 Å². The Morgan fingerprint density at radius 2 is 1.78 bits per heavy atom. The number of thiophene rings is 1. The average molecular weight is 473 g/mol. The molecule has 0 amide bonds. The highest BCUT2D eigenvalue weighted by atomic mass is 32.1. The van der Waals surface area contributed by atoms with E-state index in [1.54, 1.807) is 29.5 Å². The summed E-state index contributed by atoms with van der Waals surface area (Å²) in [6.45, 7) is 5.23. The number of thiocarbonyl (C=S) groups is 1. The molecule has 2 atom stereocenters. The molecule has 0 bridgehead atoms. The molecule has 168 valence electrons. The van der Waals surface area contributed by atoms with Gasteiger partial charge in [0.2, 0.25) is 0 Å². The van der Waals surface area contributed by atoms with E-state index in [2.05, 4.69) is 44.9 Å². The zero-order chi connectivity index (χ0) is 22.5. The van der Waals surface area contributed by atoms with Crippen molar-refractivity contribution in [3.05, 3.63) is 82.6 Å². The molecule has 2 heterocycles. The lowest BCUT2D eigenvalue weighted by molar-refractivity contribution is 0.163. The van der Waals surface area contributed by atoms with Gasteiger partial charge in [-0.2, -0.15) is 0 Å². The minimum atomic E-state index is -0.310. The van der Waals surface area contributed by atoms with Gasteiger partial charge in [0.05, 0.1) is 11.7 Å². The first-order chi connectivity index (χ1) is 15.5. The van der Waals surface area contributed by atoms with Gasteiger partial charge in [0.15, 0.2) is 5.11 Å². The molecule has 2 aromatic carbocycles. The van der Waals surface area contributed by atoms with Crippen LogP contribution in [0.2, 0.25) is 0 Å². The van der Waals surface area contributed by atoms with Crippen LogP contribution in [0.15, 0.2) is 66.0 Å². The zero-order valence-corrected chi connectivity index (χ0v) is 19.4. The van der Waals surface area contributed by atoms with Crippen molar-refractivity contribution in [3.63, 3.8) is 0 Å². The molecule has 4 nitrogen and oxygen atoms in total. The molecular weight excluding hydrogens is 446 g/mol. The third-order valence-corrected chi connectivity index (χ3v) is 6.81. The SMILES string of the molecule is C[C@H](NC(=S)Nc1cccc(F)c1)[C@@H](c1cccs1)N1CCN(c2ccccc2F)CC1. The third-order valence-electron chi connectivity index (χ3n) is 5.65. The summed E-state index contributed by atoms with van der Waals surface area (Å²) in [7, 11) is 0. The van der Waals surface area contributed by atoms with Gasteiger partial charge in [-0.05, 0) is 60.9 Å². The van der Waals surface area contributed by atoms with E-state index in [1.807, 2.05) is 12.1 Å². The number of anilines is 2. The highest BCUT2D eigenvalue weighted by molar-refractivity contribution is 7.80. The maximum absolute atomic E-state index is 14.2. The lowest BCUT2D eigenvalue weighted by atomic mass is 10.0. The van der Waals surface area contributed by atoms with Crippen LogP contribution in [-0.2, 0) is 0 Å². The summed E-state index contributed by atoms with van der Waals surface area (Å²) in [6.07, 6.45) is 0. The summed E-state index contributed by atoms with van der Waals surface area (Å²) in [5.74, 6) is -0.491. The Balaban J connectivity index is 1.43. The van der Waals surface area contributed by atoms with Crippen molar-refractivity contribution in [2.75, 3.05) is 36.4 Å². The van der Waals surface area contributed by atoms with Crippen LogP contribution in [-0.4, -0.2) is 42.2 Å². The molecule has 0 spiro atoms. The van der Waals surface area contributed by atoms with Crippen LogP contribution in [0, 0.1) is 11.6 Å². The number of rotatable bonds is 6. The molecule has 1 aliphatic rings. The minimum Gasteiger partial charge on any atom is -0.367 e. The number of benzene rings is 2. The fraction of sp³-hybridized carbons (Fsp3) is 0.292. The molecule has 0 aliphatic carbocycles. The molecule has 2 N–H and O–H groups in total. The number of hydrogen-bond donors (Lipinski definition) is 2. The van der Waals surface area contributed by atoms with Gasteiger partial charge < -0.3 is 15.5 Å². The van der Waals surface area contributed by atoms with Gasteiger partial charge in [-0.25, -0.2) is 8.78 Å². The van der Waals surface area contributed by atoms with E-state index in [9.17, 15) is 8.78 Å². The molecule has 1 aliphatic heterocycles. The smallest absolute Gasteiger partial charge is 0.171 e. The highest BCUT2D eigenvalue weighted by Gasteiger charge is 2.31. The topological polar surface area (TPSA) is 30.5 Å². The number of hydrogen-bond acceptors (Lipinski definition) is 4. The Bertz CT molecular complexity index is 1040. The molecule has 1 saturated heterocycles. The Morgan fingerprint density at radius 3 is 2.47 bits per heavy atom. The monoisotopic (exact) mass is 472 g/mol. The van der Waals surface area contributed by atoms with Gasteiger partial charge in [-0.3, -0.25) is 4.90 Å². The van der Waals surface area contributed by atoms with Gasteiger partial charge in [-0.15, -0.1) is 11.3 Å². The average Bonchev–Trinajstić information content (AvgIpc) is 3.29. The van der Waals surface area contributed by atoms with Gasteiger partial charge >= 0.3 is 0 Å². The highest BCUT2D eigenvalue weighted by Crippen LogP contribution is 2.30. The van der Waals surface area contributed by atoms with Gasteiger partial charge in [0.1, 0.15) is 11.6 Å². The molecule has 1 aromatic heterocycles. The fourth-order valence-corrected chi connectivity index (χ4v) is 5.44. The zero-order valence-electron chi connectivity index (χ0n) is 17.8. The van der Waals surface area contributed by atoms with Crippen LogP contribution in [0.25, 0.3) is 0 Å². The van der Waals surface area contributed by atoms with Crippen molar-refractivity contribution in [1.82, 2.24) is 10.2 Å². The Morgan fingerprint density at radius 1 is 1.00 bits per heavy atom. The fourth-order valence-electron chi connectivity index (χ4n) is 4.17. The summed E-state index contributed by atoms with van der Waals surface area (Å²) < 4.78 is 27.7. The first-order valence-corrected chi connectivity index (χ1v) is 11.9. The Labute approximate surface area is 196 Å². The van der Waals surface area contributed by atoms with Crippen molar-refractivity contribution >= 4 is 40.0 Å². The van der Waals surface area contributed by atoms with E-state index in [-0.39, 0.29) is 23.7 Å². The summed E-state index contributed by atoms with van der Waals surface area (Å²) in [4.78, 5) is 5.77. The summed E-state index contributed by atoms with van der Waals surface area (Å²) in [5, 5.41) is 8.97. The molecule has 4 rings (SSSR count). The minimum absolute atomic E-state index is 0.0159. The predicted molar refractivity (Wildman–Crippen MR) is 132 cm³/mol. The molecule has 3 aromatic rings. The summed E-state index contributed by atoms with van der Waals surface area (Å²) >= 11 is 7.21. The van der Waals surface area contributed by atoms with E-state index < -0.39 is 0 Å². The maximum Gasteiger partial charge on any atom is 0.171 e. The van der Waals surface area contributed by atoms with Crippen LogP contribution in [0.4, 0.5) is 20.2 Å². The second kappa shape index (κ2) is 10.4. The second-order valence-corrected chi connectivity index (χ2v) is 9.22. The molecule has 0 unspecified atom stereocenters. The summed E-state index contributed by atoms with van der Waals surface area (Å²) in [5.41, 5.74) is 1.27. The Hall–Kier alpha value is -2.55. The first kappa shape index (κ1) is 22.6. The number of para-hydroxylation sites is 1. The second-order valence-electron chi connectivity index (χ2n) is 7.83. The molecule has 8 heteroatoms. The van der Waals surface area contributed by atoms with E-state index in [0.29, 0.717) is 16.5 Å². The van der Waals surface area contributed by atoms with E-state index in [1.165, 1.54) is 23.1 Å². The lowest BCUT2D eigenvalue weighted by Gasteiger charge is -2.42. The third kappa shape index (κ3) is 5.43. The van der Waals surface area contributed by atoms with E-state index in [4.69, 9.17) is 12.2 Å². The van der Waals surface area contributed by atoms with Crippen molar-refractivity contribution in [2.24, 2.45) is 0 Å². The quantitative estimate of drug-likeness (QED) is 0.478. The van der Waals surface area contributed by atoms with Crippen LogP contribution >= 0.6 is 23.6 Å². The van der Waals surface area contributed by atoms with Crippen molar-refractivity contribution in [2.45, 2.75) is 19.0 Å². The van der Waals surface area contributed by atoms with Crippen LogP contribution in [0.3, 0.4) is 0 Å². The summed E-state index contributed by atoms with van der Waals surface area (Å²) in [6, 6.07) is 17.5. The largest absolute Gasteiger partial charge is 0.367 e. The van der Waals surface area contributed by atoms with Crippen LogP contribution in [0.5, 0.6) is 0 Å². The number of piperazine rings is 1. The van der Waals surface area contributed by atoms with E-state index >= 15 is 0 Å². The van der Waals surface area contributed by atoms with Crippen molar-refractivity contribution < 1.29 is 8.78 Å². The van der Waals surface area contributed by atoms with Gasteiger partial charge in [0, 0.05) is 42.8 Å². The van der Waals surface area contributed by atoms with Crippen molar-refractivity contribution in [3.8, 4) is 0 Å². The molecule has 0 saturated carbocycles. The molecule has 0 radical (unpaired) electrons. The Kier molecular flexibility index (Phi) is 7.34. The first-order valence-electron chi connectivity index (χ1n) is 10.6. The van der Waals surface area contributed by atoms with Gasteiger partial charge in [-0.1, -0.05) is 24.3 Å². The molecule has 32 heavy (non-hydrogen) atoms. The normalized spacial score (nSPS) is 16.4. The number of nitrogens with one attached hydrogen (secondary N) is 2. The molecular formula is C24H26F2N4S2. The number of nitrogens with zero attached hydrogens (tertiary/aromatic N) is 2. The standard InChI is InChI=1S/C24H26F2N4S2/c1-17(27-24(31)28-19-7-4-6-18(25)16-19)23(22-10-5-15-32-22)30-13-11-29(12-14-30)21-9-3-2-8-20(21)26/h2-10,15-17,23H,11-14H2,1H3,(H2,27,28,31)/t17-,23-/m0/s1. The van der Waals surface area contributed by atoms with Crippen LogP contribution < -0.4 is 15.5 Å². The maximum atomic E-state index is 14.2. The van der Waals surface area contributed by atoms with Gasteiger partial charge in [0.25, 0.3) is 0 Å². The van der Waals surface area contributed by atoms with Crippen molar-refractivity contribution in [1.29, 1.82) is 0 Å². The lowest BCUT2D eigenvalue weighted by Crippen LogP contribution is -2.52. The van der Waals surface area contributed by atoms with Crippen LogP contribution in [0.1, 0.15) is 17.8 Å². The number of halogens is 2.